The minimum Gasteiger partial charge on any atom is -0.355 e. The van der Waals surface area contributed by atoms with Crippen molar-refractivity contribution in [2.45, 2.75) is 32.2 Å². The highest BCUT2D eigenvalue weighted by Gasteiger charge is 2.11. The van der Waals surface area contributed by atoms with E-state index in [2.05, 4.69) is 10.2 Å². The van der Waals surface area contributed by atoms with Gasteiger partial charge in [0.1, 0.15) is 0 Å². The summed E-state index contributed by atoms with van der Waals surface area (Å²) in [5, 5.41) is 2.82. The lowest BCUT2D eigenvalue weighted by atomic mass is 10.3. The molecule has 14 heavy (non-hydrogen) atoms. The van der Waals surface area contributed by atoms with Gasteiger partial charge < -0.3 is 16.0 Å². The first-order valence-corrected chi connectivity index (χ1v) is 5.46. The SMILES string of the molecule is C[C@H](N)C(=O)NCCCN1CCCC1. The van der Waals surface area contributed by atoms with Crippen molar-refractivity contribution in [2.75, 3.05) is 26.2 Å². The van der Waals surface area contributed by atoms with Gasteiger partial charge in [0.05, 0.1) is 6.04 Å². The Bertz CT molecular complexity index is 176. The maximum Gasteiger partial charge on any atom is 0.236 e. The van der Waals surface area contributed by atoms with Gasteiger partial charge in [0.2, 0.25) is 5.91 Å². The van der Waals surface area contributed by atoms with Gasteiger partial charge in [0, 0.05) is 6.54 Å². The van der Waals surface area contributed by atoms with Gasteiger partial charge in [-0.05, 0) is 45.8 Å². The normalized spacial score (nSPS) is 19.6. The van der Waals surface area contributed by atoms with Crippen molar-refractivity contribution in [3.05, 3.63) is 0 Å². The molecule has 1 rings (SSSR count). The molecule has 4 nitrogen and oxygen atoms in total. The zero-order valence-corrected chi connectivity index (χ0v) is 8.96. The zero-order valence-electron chi connectivity index (χ0n) is 8.96. The topological polar surface area (TPSA) is 58.4 Å². The van der Waals surface area contributed by atoms with E-state index in [1.165, 1.54) is 25.9 Å². The van der Waals surface area contributed by atoms with Gasteiger partial charge in [-0.1, -0.05) is 0 Å². The van der Waals surface area contributed by atoms with Crippen molar-refractivity contribution in [3.63, 3.8) is 0 Å². The van der Waals surface area contributed by atoms with Gasteiger partial charge in [-0.15, -0.1) is 0 Å². The van der Waals surface area contributed by atoms with E-state index in [1.807, 2.05) is 0 Å². The van der Waals surface area contributed by atoms with Crippen molar-refractivity contribution in [2.24, 2.45) is 5.73 Å². The molecule has 0 aromatic heterocycles. The Balaban J connectivity index is 1.96. The van der Waals surface area contributed by atoms with E-state index in [1.54, 1.807) is 6.92 Å². The molecule has 82 valence electrons. The number of carbonyl (C=O) groups excluding carboxylic acids is 1. The molecule has 1 saturated heterocycles. The summed E-state index contributed by atoms with van der Waals surface area (Å²) in [6.45, 7) is 5.99. The average molecular weight is 199 g/mol. The molecule has 0 unspecified atom stereocenters. The number of amides is 1. The second kappa shape index (κ2) is 5.98. The first-order valence-electron chi connectivity index (χ1n) is 5.46. The smallest absolute Gasteiger partial charge is 0.236 e. The Kier molecular flexibility index (Phi) is 4.90. The number of nitrogens with zero attached hydrogens (tertiary/aromatic N) is 1. The van der Waals surface area contributed by atoms with Crippen LogP contribution in [0, 0.1) is 0 Å². The molecule has 4 heteroatoms. The van der Waals surface area contributed by atoms with Crippen LogP contribution in [0.3, 0.4) is 0 Å². The van der Waals surface area contributed by atoms with Crippen molar-refractivity contribution >= 4 is 5.91 Å². The van der Waals surface area contributed by atoms with Crippen LogP contribution in [0.5, 0.6) is 0 Å². The monoisotopic (exact) mass is 199 g/mol. The molecule has 1 aliphatic heterocycles. The van der Waals surface area contributed by atoms with Crippen LogP contribution >= 0.6 is 0 Å². The second-order valence-electron chi connectivity index (χ2n) is 3.98. The summed E-state index contributed by atoms with van der Waals surface area (Å²) >= 11 is 0. The molecule has 0 aromatic carbocycles. The maximum absolute atomic E-state index is 11.1. The lowest BCUT2D eigenvalue weighted by Crippen LogP contribution is -2.39. The van der Waals surface area contributed by atoms with Gasteiger partial charge in [-0.2, -0.15) is 0 Å². The molecule has 0 bridgehead atoms. The maximum atomic E-state index is 11.1. The lowest BCUT2D eigenvalue weighted by molar-refractivity contribution is -0.121. The molecule has 0 aliphatic carbocycles. The minimum absolute atomic E-state index is 0.0496. The molecule has 1 amide bonds. The van der Waals surface area contributed by atoms with E-state index in [9.17, 15) is 4.79 Å². The summed E-state index contributed by atoms with van der Waals surface area (Å²) in [6.07, 6.45) is 3.68. The van der Waals surface area contributed by atoms with E-state index >= 15 is 0 Å². The molecular weight excluding hydrogens is 178 g/mol. The number of rotatable bonds is 5. The second-order valence-corrected chi connectivity index (χ2v) is 3.98. The minimum atomic E-state index is -0.387. The molecule has 1 atom stereocenters. The van der Waals surface area contributed by atoms with E-state index in [4.69, 9.17) is 5.73 Å². The van der Waals surface area contributed by atoms with Crippen molar-refractivity contribution in [1.29, 1.82) is 0 Å². The summed E-state index contributed by atoms with van der Waals surface area (Å²) < 4.78 is 0. The molecule has 0 spiro atoms. The van der Waals surface area contributed by atoms with Gasteiger partial charge in [0.15, 0.2) is 0 Å². The van der Waals surface area contributed by atoms with Crippen LogP contribution < -0.4 is 11.1 Å². The Labute approximate surface area is 85.8 Å². The summed E-state index contributed by atoms with van der Waals surface area (Å²) in [6, 6.07) is -0.387. The average Bonchev–Trinajstić information content (AvgIpc) is 2.64. The van der Waals surface area contributed by atoms with Gasteiger partial charge >= 0.3 is 0 Å². The van der Waals surface area contributed by atoms with Crippen molar-refractivity contribution < 1.29 is 4.79 Å². The first-order chi connectivity index (χ1) is 6.70. The predicted molar refractivity (Wildman–Crippen MR) is 57.0 cm³/mol. The highest BCUT2D eigenvalue weighted by molar-refractivity contribution is 5.80. The van der Waals surface area contributed by atoms with Crippen LogP contribution in [-0.2, 0) is 4.79 Å². The molecule has 1 heterocycles. The number of nitrogens with two attached hydrogens (primary N) is 1. The quantitative estimate of drug-likeness (QED) is 0.610. The van der Waals surface area contributed by atoms with Gasteiger partial charge in [-0.25, -0.2) is 0 Å². The van der Waals surface area contributed by atoms with Crippen molar-refractivity contribution in [3.8, 4) is 0 Å². The molecular formula is C10H21N3O. The molecule has 3 N–H and O–H groups in total. The molecule has 0 radical (unpaired) electrons. The van der Waals surface area contributed by atoms with Gasteiger partial charge in [-0.3, -0.25) is 4.79 Å². The number of hydrogen-bond acceptors (Lipinski definition) is 3. The predicted octanol–water partition coefficient (Wildman–Crippen LogP) is -0.0643. The Hall–Kier alpha value is -0.610. The Morgan fingerprint density at radius 1 is 1.50 bits per heavy atom. The molecule has 0 saturated carbocycles. The summed E-state index contributed by atoms with van der Waals surface area (Å²) in [7, 11) is 0. The summed E-state index contributed by atoms with van der Waals surface area (Å²) in [5.74, 6) is -0.0496. The van der Waals surface area contributed by atoms with Crippen LogP contribution in [-0.4, -0.2) is 43.0 Å². The number of likely N-dealkylation sites (tertiary alicyclic amines) is 1. The third kappa shape index (κ3) is 4.07. The van der Waals surface area contributed by atoms with E-state index in [0.29, 0.717) is 0 Å². The Morgan fingerprint density at radius 2 is 2.14 bits per heavy atom. The highest BCUT2D eigenvalue weighted by atomic mass is 16.2. The highest BCUT2D eigenvalue weighted by Crippen LogP contribution is 2.06. The third-order valence-electron chi connectivity index (χ3n) is 2.56. The molecule has 0 aromatic rings. The number of carbonyl (C=O) groups is 1. The first kappa shape index (κ1) is 11.5. The number of nitrogens with one attached hydrogen (secondary N) is 1. The van der Waals surface area contributed by atoms with Crippen LogP contribution in [0.25, 0.3) is 0 Å². The van der Waals surface area contributed by atoms with E-state index in [-0.39, 0.29) is 11.9 Å². The summed E-state index contributed by atoms with van der Waals surface area (Å²) in [4.78, 5) is 13.5. The van der Waals surface area contributed by atoms with E-state index in [0.717, 1.165) is 19.5 Å². The standard InChI is InChI=1S/C10H21N3O/c1-9(11)10(14)12-5-4-8-13-6-2-3-7-13/h9H,2-8,11H2,1H3,(H,12,14)/t9-/m0/s1. The van der Waals surface area contributed by atoms with Crippen LogP contribution in [0.2, 0.25) is 0 Å². The molecule has 1 aliphatic rings. The lowest BCUT2D eigenvalue weighted by Gasteiger charge is -2.14. The van der Waals surface area contributed by atoms with Crippen molar-refractivity contribution in [1.82, 2.24) is 10.2 Å². The van der Waals surface area contributed by atoms with Crippen LogP contribution in [0.15, 0.2) is 0 Å². The fourth-order valence-electron chi connectivity index (χ4n) is 1.68. The van der Waals surface area contributed by atoms with Gasteiger partial charge in [0.25, 0.3) is 0 Å². The van der Waals surface area contributed by atoms with Crippen LogP contribution in [0.4, 0.5) is 0 Å². The fraction of sp³-hybridized carbons (Fsp3) is 0.900. The number of hydrogen-bond donors (Lipinski definition) is 2. The third-order valence-corrected chi connectivity index (χ3v) is 2.56. The largest absolute Gasteiger partial charge is 0.355 e. The molecule has 1 fully saturated rings. The van der Waals surface area contributed by atoms with Crippen LogP contribution in [0.1, 0.15) is 26.2 Å². The van der Waals surface area contributed by atoms with E-state index < -0.39 is 0 Å². The Morgan fingerprint density at radius 3 is 2.71 bits per heavy atom. The summed E-state index contributed by atoms with van der Waals surface area (Å²) in [5.41, 5.74) is 5.42. The fourth-order valence-corrected chi connectivity index (χ4v) is 1.68. The zero-order chi connectivity index (χ0) is 10.4.